The quantitative estimate of drug-likeness (QED) is 0.252. The van der Waals surface area contributed by atoms with Gasteiger partial charge in [-0.05, 0) is 132 Å². The minimum atomic E-state index is -0.928. The first-order valence-electron chi connectivity index (χ1n) is 14.2. The zero-order chi connectivity index (χ0) is 27.4. The van der Waals surface area contributed by atoms with E-state index in [9.17, 15) is 19.8 Å². The number of carbonyl (C=O) groups is 2. The van der Waals surface area contributed by atoms with E-state index in [1.165, 1.54) is 49.5 Å². The lowest BCUT2D eigenvalue weighted by Gasteiger charge is -2.57. The highest BCUT2D eigenvalue weighted by molar-refractivity contribution is 5.91. The topological polar surface area (TPSA) is 83.8 Å². The van der Waals surface area contributed by atoms with Crippen LogP contribution in [0.1, 0.15) is 70.4 Å². The van der Waals surface area contributed by atoms with Crippen molar-refractivity contribution in [2.24, 2.45) is 17.8 Å². The third-order valence-electron chi connectivity index (χ3n) is 9.61. The number of hydrogen-bond donors (Lipinski definition) is 2. The van der Waals surface area contributed by atoms with E-state index in [0.29, 0.717) is 6.61 Å². The van der Waals surface area contributed by atoms with Crippen molar-refractivity contribution in [1.29, 1.82) is 0 Å². The number of aromatic carboxylic acids is 2. The Hall–Kier alpha value is -4.12. The van der Waals surface area contributed by atoms with Crippen LogP contribution in [0, 0.1) is 17.8 Å². The molecule has 0 heterocycles. The zero-order valence-electron chi connectivity index (χ0n) is 22.3. The maximum absolute atomic E-state index is 11.3. The van der Waals surface area contributed by atoms with Gasteiger partial charge in [-0.15, -0.1) is 0 Å². The molecular weight excluding hydrogens is 500 g/mol. The molecule has 0 amide bonds. The molecule has 0 aliphatic heterocycles. The summed E-state index contributed by atoms with van der Waals surface area (Å²) >= 11 is 0. The van der Waals surface area contributed by atoms with Crippen LogP contribution in [-0.4, -0.2) is 22.2 Å². The molecule has 4 fully saturated rings. The van der Waals surface area contributed by atoms with E-state index in [1.54, 1.807) is 24.3 Å². The van der Waals surface area contributed by atoms with E-state index < -0.39 is 11.9 Å². The van der Waals surface area contributed by atoms with Crippen LogP contribution in [0.15, 0.2) is 78.9 Å². The van der Waals surface area contributed by atoms with Crippen LogP contribution < -0.4 is 4.74 Å². The Morgan fingerprint density at radius 1 is 0.675 bits per heavy atom. The Labute approximate surface area is 233 Å². The molecule has 4 saturated carbocycles. The summed E-state index contributed by atoms with van der Waals surface area (Å²) in [6.07, 6.45) is 7.79. The SMILES string of the molecule is O=C(O)c1ccc(COc2cc3ccc(-c4ccc(C(=O)O)cc4)cc3cc2C23CC4CC(CC(C4)C2)C3)cc1. The van der Waals surface area contributed by atoms with Crippen LogP contribution in [0.2, 0.25) is 0 Å². The van der Waals surface area contributed by atoms with Crippen LogP contribution in [0.4, 0.5) is 0 Å². The molecule has 5 nitrogen and oxygen atoms in total. The van der Waals surface area contributed by atoms with Gasteiger partial charge in [0.05, 0.1) is 11.1 Å². The van der Waals surface area contributed by atoms with E-state index in [-0.39, 0.29) is 16.5 Å². The second-order valence-electron chi connectivity index (χ2n) is 12.3. The first-order valence-corrected chi connectivity index (χ1v) is 14.2. The van der Waals surface area contributed by atoms with Crippen molar-refractivity contribution in [2.45, 2.75) is 50.5 Å². The summed E-state index contributed by atoms with van der Waals surface area (Å²) in [5.41, 5.74) is 5.03. The third-order valence-corrected chi connectivity index (χ3v) is 9.61. The van der Waals surface area contributed by atoms with Gasteiger partial charge in [-0.2, -0.15) is 0 Å². The number of hydrogen-bond acceptors (Lipinski definition) is 3. The minimum Gasteiger partial charge on any atom is -0.489 e. The van der Waals surface area contributed by atoms with Gasteiger partial charge >= 0.3 is 11.9 Å². The first kappa shape index (κ1) is 24.9. The van der Waals surface area contributed by atoms with Crippen LogP contribution in [-0.2, 0) is 12.0 Å². The minimum absolute atomic E-state index is 0.143. The lowest BCUT2D eigenvalue weighted by atomic mass is 9.48. The molecular formula is C35H32O5. The number of rotatable bonds is 7. The first-order chi connectivity index (χ1) is 19.3. The van der Waals surface area contributed by atoms with Crippen molar-refractivity contribution in [3.8, 4) is 16.9 Å². The monoisotopic (exact) mass is 532 g/mol. The van der Waals surface area contributed by atoms with E-state index in [2.05, 4.69) is 30.3 Å². The van der Waals surface area contributed by atoms with Gasteiger partial charge in [0, 0.05) is 5.56 Å². The van der Waals surface area contributed by atoms with Gasteiger partial charge < -0.3 is 14.9 Å². The number of carboxylic acids is 2. The predicted octanol–water partition coefficient (Wildman–Crippen LogP) is 7.95. The molecule has 4 aliphatic carbocycles. The van der Waals surface area contributed by atoms with E-state index in [1.807, 2.05) is 24.3 Å². The smallest absolute Gasteiger partial charge is 0.335 e. The van der Waals surface area contributed by atoms with Crippen molar-refractivity contribution >= 4 is 22.7 Å². The highest BCUT2D eigenvalue weighted by Crippen LogP contribution is 2.62. The van der Waals surface area contributed by atoms with Crippen molar-refractivity contribution in [2.75, 3.05) is 0 Å². The van der Waals surface area contributed by atoms with Crippen molar-refractivity contribution < 1.29 is 24.5 Å². The predicted molar refractivity (Wildman–Crippen MR) is 154 cm³/mol. The highest BCUT2D eigenvalue weighted by Gasteiger charge is 2.52. The lowest BCUT2D eigenvalue weighted by molar-refractivity contribution is -0.00641. The molecule has 0 saturated heterocycles. The summed E-state index contributed by atoms with van der Waals surface area (Å²) in [4.78, 5) is 22.6. The molecule has 4 aromatic carbocycles. The lowest BCUT2D eigenvalue weighted by Crippen LogP contribution is -2.48. The average Bonchev–Trinajstić information content (AvgIpc) is 2.95. The molecule has 0 unspecified atom stereocenters. The Balaban J connectivity index is 1.28. The van der Waals surface area contributed by atoms with Crippen LogP contribution in [0.3, 0.4) is 0 Å². The summed E-state index contributed by atoms with van der Waals surface area (Å²) in [5.74, 6) is 1.50. The van der Waals surface area contributed by atoms with Crippen molar-refractivity contribution in [3.63, 3.8) is 0 Å². The largest absolute Gasteiger partial charge is 0.489 e. The molecule has 2 N–H and O–H groups in total. The Morgan fingerprint density at radius 2 is 1.23 bits per heavy atom. The number of ether oxygens (including phenoxy) is 1. The zero-order valence-corrected chi connectivity index (χ0v) is 22.3. The van der Waals surface area contributed by atoms with Gasteiger partial charge in [-0.25, -0.2) is 9.59 Å². The Morgan fingerprint density at radius 3 is 1.80 bits per heavy atom. The van der Waals surface area contributed by atoms with Gasteiger partial charge in [-0.1, -0.05) is 36.4 Å². The number of carboxylic acid groups (broad SMARTS) is 2. The molecule has 0 spiro atoms. The van der Waals surface area contributed by atoms with Gasteiger partial charge in [0.25, 0.3) is 0 Å². The van der Waals surface area contributed by atoms with Crippen LogP contribution in [0.25, 0.3) is 21.9 Å². The highest BCUT2D eigenvalue weighted by atomic mass is 16.5. The standard InChI is InChI=1S/C35H32O5/c36-33(37)26-3-1-21(2-4-26)20-40-32-16-29-10-9-28(25-5-7-27(8-6-25)34(38)39)14-30(29)15-31(32)35-17-22-11-23(18-35)13-24(12-22)19-35/h1-10,14-16,22-24H,11-13,17-20H2,(H,36,37)(H,38,39). The molecule has 40 heavy (non-hydrogen) atoms. The maximum atomic E-state index is 11.3. The molecule has 202 valence electrons. The fraction of sp³-hybridized carbons (Fsp3) is 0.314. The fourth-order valence-corrected chi connectivity index (χ4v) is 8.14. The number of benzene rings is 4. The molecule has 4 aromatic rings. The third kappa shape index (κ3) is 4.43. The van der Waals surface area contributed by atoms with Gasteiger partial charge in [0.1, 0.15) is 12.4 Å². The normalized spacial score (nSPS) is 24.8. The van der Waals surface area contributed by atoms with Crippen molar-refractivity contribution in [3.05, 3.63) is 101 Å². The summed E-state index contributed by atoms with van der Waals surface area (Å²) < 4.78 is 6.57. The summed E-state index contributed by atoms with van der Waals surface area (Å²) in [6.45, 7) is 0.388. The summed E-state index contributed by atoms with van der Waals surface area (Å²) in [5, 5.41) is 20.8. The fourth-order valence-electron chi connectivity index (χ4n) is 8.14. The average molecular weight is 533 g/mol. The molecule has 5 heteroatoms. The molecule has 8 rings (SSSR count). The summed E-state index contributed by atoms with van der Waals surface area (Å²) in [6, 6.07) is 24.9. The second-order valence-corrected chi connectivity index (χ2v) is 12.3. The van der Waals surface area contributed by atoms with Crippen LogP contribution >= 0.6 is 0 Å². The number of fused-ring (bicyclic) bond motifs is 1. The van der Waals surface area contributed by atoms with E-state index in [0.717, 1.165) is 45.6 Å². The van der Waals surface area contributed by atoms with Crippen molar-refractivity contribution in [1.82, 2.24) is 0 Å². The second kappa shape index (κ2) is 9.51. The molecule has 0 aromatic heterocycles. The summed E-state index contributed by atoms with van der Waals surface area (Å²) in [7, 11) is 0. The van der Waals surface area contributed by atoms with E-state index >= 15 is 0 Å². The molecule has 0 radical (unpaired) electrons. The Kier molecular flexibility index (Phi) is 5.92. The van der Waals surface area contributed by atoms with Gasteiger partial charge in [-0.3, -0.25) is 0 Å². The van der Waals surface area contributed by atoms with Gasteiger partial charge in [0.2, 0.25) is 0 Å². The Bertz CT molecular complexity index is 1580. The van der Waals surface area contributed by atoms with E-state index in [4.69, 9.17) is 4.74 Å². The van der Waals surface area contributed by atoms with Crippen LogP contribution in [0.5, 0.6) is 5.75 Å². The molecule has 4 aliphatic rings. The molecule has 4 bridgehead atoms. The van der Waals surface area contributed by atoms with Gasteiger partial charge in [0.15, 0.2) is 0 Å². The maximum Gasteiger partial charge on any atom is 0.335 e. The molecule has 0 atom stereocenters.